The zero-order valence-electron chi connectivity index (χ0n) is 15.6. The number of aryl methyl sites for hydroxylation is 1. The van der Waals surface area contributed by atoms with Crippen molar-refractivity contribution in [2.45, 2.75) is 45.6 Å². The molecule has 0 aromatic heterocycles. The van der Waals surface area contributed by atoms with E-state index in [2.05, 4.69) is 37.9 Å². The number of benzene rings is 1. The van der Waals surface area contributed by atoms with Gasteiger partial charge in [0, 0.05) is 13.1 Å². The average molecular weight is 341 g/mol. The van der Waals surface area contributed by atoms with Crippen LogP contribution in [0.15, 0.2) is 18.7 Å². The highest BCUT2D eigenvalue weighted by Crippen LogP contribution is 2.38. The number of piperidine rings is 1. The van der Waals surface area contributed by atoms with Crippen molar-refractivity contribution in [3.8, 4) is 0 Å². The topological polar surface area (TPSA) is 58.4 Å². The van der Waals surface area contributed by atoms with Crippen LogP contribution in [0, 0.1) is 19.3 Å². The van der Waals surface area contributed by atoms with E-state index in [0.717, 1.165) is 43.7 Å². The summed E-state index contributed by atoms with van der Waals surface area (Å²) in [5.74, 6) is 0.105. The van der Waals surface area contributed by atoms with Gasteiger partial charge in [0.1, 0.15) is 0 Å². The second-order valence-electron chi connectivity index (χ2n) is 7.90. The van der Waals surface area contributed by atoms with E-state index in [1.54, 1.807) is 0 Å². The fourth-order valence-corrected chi connectivity index (χ4v) is 4.36. The summed E-state index contributed by atoms with van der Waals surface area (Å²) in [6, 6.07) is 3.80. The van der Waals surface area contributed by atoms with Crippen LogP contribution < -0.4 is 11.1 Å². The average Bonchev–Trinajstić information content (AvgIpc) is 3.01. The summed E-state index contributed by atoms with van der Waals surface area (Å²) in [4.78, 5) is 14.9. The van der Waals surface area contributed by atoms with Crippen molar-refractivity contribution in [2.75, 3.05) is 26.2 Å². The molecule has 0 aliphatic carbocycles. The van der Waals surface area contributed by atoms with E-state index in [1.165, 1.54) is 24.0 Å². The van der Waals surface area contributed by atoms with Crippen LogP contribution in [-0.2, 0) is 11.2 Å². The first-order chi connectivity index (χ1) is 11.9. The predicted molar refractivity (Wildman–Crippen MR) is 103 cm³/mol. The van der Waals surface area contributed by atoms with Crippen molar-refractivity contribution < 1.29 is 4.79 Å². The molecule has 25 heavy (non-hydrogen) atoms. The molecule has 2 aliphatic heterocycles. The first kappa shape index (κ1) is 18.2. The Morgan fingerprint density at radius 2 is 2.08 bits per heavy atom. The van der Waals surface area contributed by atoms with Gasteiger partial charge in [-0.3, -0.25) is 4.79 Å². The van der Waals surface area contributed by atoms with Gasteiger partial charge >= 0.3 is 0 Å². The molecule has 1 atom stereocenters. The Kier molecular flexibility index (Phi) is 5.30. The molecular formula is C21H31N3O. The molecule has 4 nitrogen and oxygen atoms in total. The highest BCUT2D eigenvalue weighted by Gasteiger charge is 2.41. The maximum absolute atomic E-state index is 12.8. The molecule has 0 radical (unpaired) electrons. The summed E-state index contributed by atoms with van der Waals surface area (Å²) in [7, 11) is 0. The lowest BCUT2D eigenvalue weighted by Crippen LogP contribution is -2.46. The summed E-state index contributed by atoms with van der Waals surface area (Å²) in [6.07, 6.45) is 5.93. The molecule has 2 fully saturated rings. The van der Waals surface area contributed by atoms with E-state index in [4.69, 9.17) is 5.73 Å². The van der Waals surface area contributed by atoms with Crippen LogP contribution in [0.4, 0.5) is 0 Å². The van der Waals surface area contributed by atoms with Gasteiger partial charge in [0.15, 0.2) is 0 Å². The van der Waals surface area contributed by atoms with E-state index in [9.17, 15) is 4.79 Å². The Hall–Kier alpha value is -1.65. The van der Waals surface area contributed by atoms with Crippen molar-refractivity contribution in [1.82, 2.24) is 10.2 Å². The lowest BCUT2D eigenvalue weighted by atomic mass is 9.78. The third-order valence-electron chi connectivity index (χ3n) is 6.17. The number of hydrogen-bond acceptors (Lipinski definition) is 3. The van der Waals surface area contributed by atoms with Gasteiger partial charge in [0.05, 0.1) is 6.04 Å². The number of nitrogens with one attached hydrogen (secondary N) is 1. The van der Waals surface area contributed by atoms with Gasteiger partial charge in [-0.1, -0.05) is 24.8 Å². The maximum atomic E-state index is 12.8. The largest absolute Gasteiger partial charge is 0.341 e. The Morgan fingerprint density at radius 1 is 1.36 bits per heavy atom. The first-order valence-electron chi connectivity index (χ1n) is 9.42. The van der Waals surface area contributed by atoms with Crippen molar-refractivity contribution in [3.63, 3.8) is 0 Å². The quantitative estimate of drug-likeness (QED) is 0.884. The van der Waals surface area contributed by atoms with Crippen LogP contribution in [0.5, 0.6) is 0 Å². The predicted octanol–water partition coefficient (Wildman–Crippen LogP) is 2.42. The molecule has 0 bridgehead atoms. The lowest BCUT2D eigenvalue weighted by Gasteiger charge is -2.34. The van der Waals surface area contributed by atoms with Crippen molar-refractivity contribution in [1.29, 1.82) is 0 Å². The second-order valence-corrected chi connectivity index (χ2v) is 7.90. The van der Waals surface area contributed by atoms with E-state index >= 15 is 0 Å². The molecule has 1 unspecified atom stereocenters. The number of rotatable bonds is 4. The smallest absolute Gasteiger partial charge is 0.239 e. The third kappa shape index (κ3) is 3.80. The standard InChI is InChI=1S/C21H31N3O/c1-4-18-12-17(11-15(2)16(18)3)13-19(22)20(25)24-10-7-21(14-24)5-8-23-9-6-21/h4,11-12,19,23H,1,5-10,13-14,22H2,2-3H3. The summed E-state index contributed by atoms with van der Waals surface area (Å²) in [5.41, 5.74) is 11.3. The van der Waals surface area contributed by atoms with E-state index in [1.807, 2.05) is 11.0 Å². The minimum atomic E-state index is -0.461. The van der Waals surface area contributed by atoms with E-state index in [0.29, 0.717) is 11.8 Å². The molecule has 1 aromatic carbocycles. The second kappa shape index (κ2) is 7.30. The van der Waals surface area contributed by atoms with Gasteiger partial charge in [-0.25, -0.2) is 0 Å². The summed E-state index contributed by atoms with van der Waals surface area (Å²) >= 11 is 0. The molecule has 3 N–H and O–H groups in total. The minimum Gasteiger partial charge on any atom is -0.341 e. The molecule has 2 aliphatic rings. The number of hydrogen-bond donors (Lipinski definition) is 2. The van der Waals surface area contributed by atoms with Gasteiger partial charge in [-0.2, -0.15) is 0 Å². The third-order valence-corrected chi connectivity index (χ3v) is 6.17. The molecule has 1 aromatic rings. The van der Waals surface area contributed by atoms with Crippen LogP contribution in [0.25, 0.3) is 6.08 Å². The molecule has 3 rings (SSSR count). The molecule has 1 spiro atoms. The highest BCUT2D eigenvalue weighted by molar-refractivity contribution is 5.82. The highest BCUT2D eigenvalue weighted by atomic mass is 16.2. The molecule has 0 saturated carbocycles. The summed E-state index contributed by atoms with van der Waals surface area (Å²) in [5, 5.41) is 3.42. The number of carbonyl (C=O) groups is 1. The zero-order valence-corrected chi connectivity index (χ0v) is 15.6. The number of carbonyl (C=O) groups excluding carboxylic acids is 1. The SMILES string of the molecule is C=Cc1cc(CC(N)C(=O)N2CCC3(CCNCC3)C2)cc(C)c1C. The van der Waals surface area contributed by atoms with Crippen LogP contribution in [0.2, 0.25) is 0 Å². The van der Waals surface area contributed by atoms with Gasteiger partial charge in [0.2, 0.25) is 5.91 Å². The van der Waals surface area contributed by atoms with Gasteiger partial charge < -0.3 is 16.0 Å². The number of nitrogens with two attached hydrogens (primary N) is 1. The summed E-state index contributed by atoms with van der Waals surface area (Å²) in [6.45, 7) is 12.0. The Morgan fingerprint density at radius 3 is 2.76 bits per heavy atom. The van der Waals surface area contributed by atoms with Gasteiger partial charge in [-0.05, 0) is 80.3 Å². The summed E-state index contributed by atoms with van der Waals surface area (Å²) < 4.78 is 0. The number of amides is 1. The monoisotopic (exact) mass is 341 g/mol. The lowest BCUT2D eigenvalue weighted by molar-refractivity contribution is -0.132. The molecule has 2 saturated heterocycles. The number of likely N-dealkylation sites (tertiary alicyclic amines) is 1. The normalized spacial score (nSPS) is 20.7. The van der Waals surface area contributed by atoms with Crippen molar-refractivity contribution in [2.24, 2.45) is 11.1 Å². The van der Waals surface area contributed by atoms with Crippen LogP contribution >= 0.6 is 0 Å². The minimum absolute atomic E-state index is 0.105. The van der Waals surface area contributed by atoms with E-state index in [-0.39, 0.29) is 5.91 Å². The van der Waals surface area contributed by atoms with Crippen molar-refractivity contribution in [3.05, 3.63) is 41.0 Å². The Bertz CT molecular complexity index is 661. The first-order valence-corrected chi connectivity index (χ1v) is 9.42. The molecule has 1 amide bonds. The molecule has 4 heteroatoms. The van der Waals surface area contributed by atoms with Gasteiger partial charge in [0.25, 0.3) is 0 Å². The Labute approximate surface area is 151 Å². The fourth-order valence-electron chi connectivity index (χ4n) is 4.36. The molecular weight excluding hydrogens is 310 g/mol. The fraction of sp³-hybridized carbons (Fsp3) is 0.571. The van der Waals surface area contributed by atoms with E-state index < -0.39 is 6.04 Å². The zero-order chi connectivity index (χ0) is 18.0. The molecule has 2 heterocycles. The molecule has 136 valence electrons. The van der Waals surface area contributed by atoms with Crippen molar-refractivity contribution >= 4 is 12.0 Å². The van der Waals surface area contributed by atoms with Crippen LogP contribution in [-0.4, -0.2) is 43.0 Å². The van der Waals surface area contributed by atoms with Crippen LogP contribution in [0.1, 0.15) is 41.5 Å². The van der Waals surface area contributed by atoms with Crippen LogP contribution in [0.3, 0.4) is 0 Å². The van der Waals surface area contributed by atoms with Gasteiger partial charge in [-0.15, -0.1) is 0 Å². The maximum Gasteiger partial charge on any atom is 0.239 e. The Balaban J connectivity index is 1.65. The number of nitrogens with zero attached hydrogens (tertiary/aromatic N) is 1.